The summed E-state index contributed by atoms with van der Waals surface area (Å²) in [6.07, 6.45) is 1.23. The number of benzene rings is 2. The summed E-state index contributed by atoms with van der Waals surface area (Å²) in [5.41, 5.74) is 11.5. The largest absolute Gasteiger partial charge is 0.143 e. The molecule has 116 valence electrons. The number of fused-ring (bicyclic) bond motifs is 1. The van der Waals surface area contributed by atoms with Crippen molar-refractivity contribution in [2.24, 2.45) is 0 Å². The van der Waals surface area contributed by atoms with Gasteiger partial charge in [0.2, 0.25) is 0 Å². The van der Waals surface area contributed by atoms with E-state index >= 15 is 0 Å². The third-order valence-electron chi connectivity index (χ3n) is 5.73. The minimum absolute atomic E-state index is 0.539. The highest BCUT2D eigenvalue weighted by Crippen LogP contribution is 2.48. The van der Waals surface area contributed by atoms with Crippen LogP contribution in [0.4, 0.5) is 0 Å². The van der Waals surface area contributed by atoms with Crippen LogP contribution in [0.2, 0.25) is 0 Å². The molecule has 0 saturated carbocycles. The summed E-state index contributed by atoms with van der Waals surface area (Å²) in [7, 11) is 0. The van der Waals surface area contributed by atoms with Crippen molar-refractivity contribution in [1.29, 1.82) is 0 Å². The van der Waals surface area contributed by atoms with Crippen molar-refractivity contribution in [3.05, 3.63) is 62.7 Å². The van der Waals surface area contributed by atoms with Crippen molar-refractivity contribution >= 4 is 12.6 Å². The van der Waals surface area contributed by atoms with E-state index in [0.717, 1.165) is 4.90 Å². The second-order valence-electron chi connectivity index (χ2n) is 7.08. The van der Waals surface area contributed by atoms with Gasteiger partial charge in [-0.2, -0.15) is 0 Å². The standard InChI is InChI=1S/C21H26S/c1-11-7-8-17-18(9-11)12(2)10-19(17)20-13(3)15(5)21(22)16(6)14(20)4/h7-9,12,19,22H,10H2,1-6H3. The summed E-state index contributed by atoms with van der Waals surface area (Å²) in [5.74, 6) is 1.19. The molecule has 1 heteroatoms. The Labute approximate surface area is 140 Å². The average Bonchev–Trinajstić information content (AvgIpc) is 2.80. The molecule has 3 rings (SSSR count). The monoisotopic (exact) mass is 310 g/mol. The summed E-state index contributed by atoms with van der Waals surface area (Å²) in [6.45, 7) is 13.5. The number of thiol groups is 1. The SMILES string of the molecule is Cc1ccc2c(c1)C(C)CC2c1c(C)c(C)c(S)c(C)c1C. The minimum Gasteiger partial charge on any atom is -0.143 e. The third kappa shape index (κ3) is 2.22. The summed E-state index contributed by atoms with van der Waals surface area (Å²) >= 11 is 4.73. The van der Waals surface area contributed by atoms with Gasteiger partial charge < -0.3 is 0 Å². The number of rotatable bonds is 1. The number of hydrogen-bond donors (Lipinski definition) is 1. The summed E-state index contributed by atoms with van der Waals surface area (Å²) < 4.78 is 0. The molecule has 2 aromatic carbocycles. The van der Waals surface area contributed by atoms with Crippen molar-refractivity contribution in [2.45, 2.75) is 64.7 Å². The molecule has 0 aliphatic heterocycles. The lowest BCUT2D eigenvalue weighted by molar-refractivity contribution is 0.679. The van der Waals surface area contributed by atoms with Crippen LogP contribution >= 0.6 is 12.6 Å². The topological polar surface area (TPSA) is 0 Å². The molecule has 0 heterocycles. The molecule has 22 heavy (non-hydrogen) atoms. The Balaban J connectivity index is 2.23. The molecule has 1 aliphatic rings. The molecule has 0 radical (unpaired) electrons. The Hall–Kier alpha value is -1.21. The van der Waals surface area contributed by atoms with Gasteiger partial charge in [-0.3, -0.25) is 0 Å². The van der Waals surface area contributed by atoms with Gasteiger partial charge in [0.1, 0.15) is 0 Å². The molecule has 2 unspecified atom stereocenters. The van der Waals surface area contributed by atoms with Gasteiger partial charge >= 0.3 is 0 Å². The Kier molecular flexibility index (Phi) is 3.89. The predicted octanol–water partition coefficient (Wildman–Crippen LogP) is 6.16. The van der Waals surface area contributed by atoms with E-state index in [9.17, 15) is 0 Å². The fraction of sp³-hybridized carbons (Fsp3) is 0.429. The van der Waals surface area contributed by atoms with Gasteiger partial charge in [-0.15, -0.1) is 12.6 Å². The Morgan fingerprint density at radius 1 is 0.864 bits per heavy atom. The molecule has 0 N–H and O–H groups in total. The smallest absolute Gasteiger partial charge is 0.0104 e. The van der Waals surface area contributed by atoms with Gasteiger partial charge in [-0.05, 0) is 85.9 Å². The quantitative estimate of drug-likeness (QED) is 0.599. The van der Waals surface area contributed by atoms with Crippen LogP contribution in [0, 0.1) is 34.6 Å². The molecule has 0 spiro atoms. The van der Waals surface area contributed by atoms with Gasteiger partial charge in [0.15, 0.2) is 0 Å². The summed E-state index contributed by atoms with van der Waals surface area (Å²) in [6, 6.07) is 7.01. The highest BCUT2D eigenvalue weighted by atomic mass is 32.1. The first kappa shape index (κ1) is 15.7. The van der Waals surface area contributed by atoms with E-state index in [1.54, 1.807) is 11.1 Å². The number of aryl methyl sites for hydroxylation is 1. The van der Waals surface area contributed by atoms with E-state index < -0.39 is 0 Å². The predicted molar refractivity (Wildman–Crippen MR) is 98.7 cm³/mol. The zero-order chi connectivity index (χ0) is 16.2. The van der Waals surface area contributed by atoms with E-state index in [-0.39, 0.29) is 0 Å². The molecular weight excluding hydrogens is 284 g/mol. The molecule has 0 nitrogen and oxygen atoms in total. The highest BCUT2D eigenvalue weighted by Gasteiger charge is 2.32. The van der Waals surface area contributed by atoms with Crippen molar-refractivity contribution in [3.63, 3.8) is 0 Å². The van der Waals surface area contributed by atoms with Crippen molar-refractivity contribution < 1.29 is 0 Å². The third-order valence-corrected chi connectivity index (χ3v) is 6.40. The van der Waals surface area contributed by atoms with Gasteiger partial charge in [-0.25, -0.2) is 0 Å². The molecule has 0 bridgehead atoms. The fourth-order valence-corrected chi connectivity index (χ4v) is 4.50. The van der Waals surface area contributed by atoms with Gasteiger partial charge in [-0.1, -0.05) is 30.7 Å². The first-order valence-electron chi connectivity index (χ1n) is 8.22. The molecular formula is C21H26S. The first-order valence-corrected chi connectivity index (χ1v) is 8.67. The van der Waals surface area contributed by atoms with Crippen LogP contribution in [0.15, 0.2) is 23.1 Å². The van der Waals surface area contributed by atoms with E-state index in [0.29, 0.717) is 11.8 Å². The lowest BCUT2D eigenvalue weighted by atomic mass is 9.83. The molecule has 2 atom stereocenters. The Morgan fingerprint density at radius 2 is 1.45 bits per heavy atom. The maximum atomic E-state index is 4.73. The molecule has 0 saturated heterocycles. The maximum Gasteiger partial charge on any atom is 0.0104 e. The lowest BCUT2D eigenvalue weighted by Crippen LogP contribution is -2.07. The second kappa shape index (κ2) is 5.45. The zero-order valence-corrected chi connectivity index (χ0v) is 15.4. The molecule has 0 amide bonds. The average molecular weight is 311 g/mol. The summed E-state index contributed by atoms with van der Waals surface area (Å²) in [4.78, 5) is 1.16. The molecule has 0 fully saturated rings. The Morgan fingerprint density at radius 3 is 2.05 bits per heavy atom. The fourth-order valence-electron chi connectivity index (χ4n) is 4.16. The highest BCUT2D eigenvalue weighted by molar-refractivity contribution is 7.80. The Bertz CT molecular complexity index is 726. The molecule has 1 aliphatic carbocycles. The zero-order valence-electron chi connectivity index (χ0n) is 14.5. The maximum absolute atomic E-state index is 4.73. The van der Waals surface area contributed by atoms with Crippen LogP contribution in [0.3, 0.4) is 0 Å². The molecule has 2 aromatic rings. The van der Waals surface area contributed by atoms with E-state index in [1.165, 1.54) is 39.8 Å². The van der Waals surface area contributed by atoms with Crippen LogP contribution in [-0.4, -0.2) is 0 Å². The van der Waals surface area contributed by atoms with E-state index in [1.807, 2.05) is 0 Å². The van der Waals surface area contributed by atoms with Gasteiger partial charge in [0.05, 0.1) is 0 Å². The van der Waals surface area contributed by atoms with Crippen LogP contribution in [0.1, 0.15) is 69.7 Å². The van der Waals surface area contributed by atoms with Gasteiger partial charge in [0.25, 0.3) is 0 Å². The molecule has 0 aromatic heterocycles. The van der Waals surface area contributed by atoms with Crippen molar-refractivity contribution in [3.8, 4) is 0 Å². The van der Waals surface area contributed by atoms with Crippen molar-refractivity contribution in [2.75, 3.05) is 0 Å². The van der Waals surface area contributed by atoms with Crippen LogP contribution in [0.25, 0.3) is 0 Å². The van der Waals surface area contributed by atoms with E-state index in [2.05, 4.69) is 59.7 Å². The number of hydrogen-bond acceptors (Lipinski definition) is 1. The van der Waals surface area contributed by atoms with Crippen LogP contribution < -0.4 is 0 Å². The van der Waals surface area contributed by atoms with E-state index in [4.69, 9.17) is 12.6 Å². The minimum atomic E-state index is 0.539. The lowest BCUT2D eigenvalue weighted by Gasteiger charge is -2.23. The summed E-state index contributed by atoms with van der Waals surface area (Å²) in [5, 5.41) is 0. The van der Waals surface area contributed by atoms with Crippen LogP contribution in [0.5, 0.6) is 0 Å². The van der Waals surface area contributed by atoms with Crippen LogP contribution in [-0.2, 0) is 0 Å². The van der Waals surface area contributed by atoms with Gasteiger partial charge in [0, 0.05) is 10.8 Å². The van der Waals surface area contributed by atoms with Crippen molar-refractivity contribution in [1.82, 2.24) is 0 Å². The second-order valence-corrected chi connectivity index (χ2v) is 7.53. The first-order chi connectivity index (χ1) is 10.3. The normalized spacial score (nSPS) is 20.3.